The summed E-state index contributed by atoms with van der Waals surface area (Å²) in [7, 11) is -3.62. The number of aromatic nitrogens is 2. The maximum Gasteiger partial charge on any atom is 0.263 e. The summed E-state index contributed by atoms with van der Waals surface area (Å²) < 4.78 is 27.7. The highest BCUT2D eigenvalue weighted by Crippen LogP contribution is 2.26. The third-order valence-electron chi connectivity index (χ3n) is 2.49. The Morgan fingerprint density at radius 2 is 1.81 bits per heavy atom. The molecule has 0 radical (unpaired) electrons. The normalized spacial score (nSPS) is 12.4. The topological polar surface area (TPSA) is 72.0 Å². The van der Waals surface area contributed by atoms with E-state index in [-0.39, 0.29) is 15.4 Å². The molecule has 0 aliphatic heterocycles. The van der Waals surface area contributed by atoms with Gasteiger partial charge in [0, 0.05) is 10.9 Å². The second-order valence-electron chi connectivity index (χ2n) is 5.80. The predicted octanol–water partition coefficient (Wildman–Crippen LogP) is 3.69. The molecule has 8 heteroatoms. The van der Waals surface area contributed by atoms with E-state index in [2.05, 4.69) is 51.6 Å². The van der Waals surface area contributed by atoms with Crippen LogP contribution in [0.4, 0.5) is 5.13 Å². The first-order valence-electron chi connectivity index (χ1n) is 6.26. The average molecular weight is 390 g/mol. The summed E-state index contributed by atoms with van der Waals surface area (Å²) >= 11 is 4.54. The Morgan fingerprint density at radius 3 is 2.38 bits per heavy atom. The first-order chi connectivity index (χ1) is 9.66. The minimum Gasteiger partial charge on any atom is -0.253 e. The molecule has 0 aliphatic rings. The Bertz CT molecular complexity index is 719. The van der Waals surface area contributed by atoms with Crippen molar-refractivity contribution in [1.29, 1.82) is 0 Å². The number of sulfonamides is 1. The average Bonchev–Trinajstić information content (AvgIpc) is 2.73. The minimum absolute atomic E-state index is 0.0847. The Hall–Kier alpha value is -0.990. The first-order valence-corrected chi connectivity index (χ1v) is 9.36. The zero-order chi connectivity index (χ0) is 15.7. The zero-order valence-corrected chi connectivity index (χ0v) is 15.1. The number of nitrogens with one attached hydrogen (secondary N) is 1. The van der Waals surface area contributed by atoms with Crippen LogP contribution in [0.25, 0.3) is 0 Å². The summed E-state index contributed by atoms with van der Waals surface area (Å²) in [5.41, 5.74) is 0.0847. The fourth-order valence-electron chi connectivity index (χ4n) is 1.61. The van der Waals surface area contributed by atoms with Crippen LogP contribution < -0.4 is 4.72 Å². The molecule has 5 nitrogen and oxygen atoms in total. The van der Waals surface area contributed by atoms with E-state index in [9.17, 15) is 8.42 Å². The van der Waals surface area contributed by atoms with E-state index in [4.69, 9.17) is 0 Å². The Labute approximate surface area is 137 Å². The number of benzene rings is 1. The van der Waals surface area contributed by atoms with E-state index in [1.165, 1.54) is 23.5 Å². The van der Waals surface area contributed by atoms with Crippen LogP contribution >= 0.6 is 27.3 Å². The predicted molar refractivity (Wildman–Crippen MR) is 88.0 cm³/mol. The zero-order valence-electron chi connectivity index (χ0n) is 11.9. The molecule has 0 spiro atoms. The molecular formula is C13H16BrN3O2S2. The summed E-state index contributed by atoms with van der Waals surface area (Å²) in [5, 5.41) is 9.03. The number of rotatable bonds is 4. The minimum atomic E-state index is -3.62. The van der Waals surface area contributed by atoms with Crippen molar-refractivity contribution in [3.8, 4) is 0 Å². The van der Waals surface area contributed by atoms with Crippen LogP contribution in [0.2, 0.25) is 0 Å². The Balaban J connectivity index is 2.16. The molecule has 1 aromatic heterocycles. The molecule has 0 saturated carbocycles. The van der Waals surface area contributed by atoms with E-state index < -0.39 is 10.0 Å². The van der Waals surface area contributed by atoms with Crippen molar-refractivity contribution in [3.05, 3.63) is 33.7 Å². The third kappa shape index (κ3) is 4.76. The van der Waals surface area contributed by atoms with Gasteiger partial charge in [-0.05, 0) is 29.7 Å². The maximum absolute atomic E-state index is 12.2. The highest BCUT2D eigenvalue weighted by Gasteiger charge is 2.19. The molecule has 114 valence electrons. The number of halogens is 1. The quantitative estimate of drug-likeness (QED) is 0.864. The van der Waals surface area contributed by atoms with Gasteiger partial charge in [-0.25, -0.2) is 8.42 Å². The van der Waals surface area contributed by atoms with Gasteiger partial charge in [-0.2, -0.15) is 0 Å². The molecule has 2 rings (SSSR count). The first kappa shape index (κ1) is 16.4. The van der Waals surface area contributed by atoms with Crippen molar-refractivity contribution in [2.45, 2.75) is 32.1 Å². The lowest BCUT2D eigenvalue weighted by Gasteiger charge is -2.14. The molecular weight excluding hydrogens is 374 g/mol. The summed E-state index contributed by atoms with van der Waals surface area (Å²) in [6, 6.07) is 6.42. The molecule has 0 bridgehead atoms. The lowest BCUT2D eigenvalue weighted by atomic mass is 9.93. The van der Waals surface area contributed by atoms with Crippen LogP contribution in [0, 0.1) is 5.41 Å². The highest BCUT2D eigenvalue weighted by molar-refractivity contribution is 9.10. The van der Waals surface area contributed by atoms with Crippen LogP contribution in [0.15, 0.2) is 33.6 Å². The van der Waals surface area contributed by atoms with E-state index >= 15 is 0 Å². The molecule has 0 atom stereocenters. The molecule has 1 heterocycles. The second kappa shape index (κ2) is 6.02. The van der Waals surface area contributed by atoms with Gasteiger partial charge >= 0.3 is 0 Å². The largest absolute Gasteiger partial charge is 0.263 e. The van der Waals surface area contributed by atoms with Crippen LogP contribution in [0.5, 0.6) is 0 Å². The fourth-order valence-corrected chi connectivity index (χ4v) is 4.14. The smallest absolute Gasteiger partial charge is 0.253 e. The molecule has 2 aromatic rings. The molecule has 1 N–H and O–H groups in total. The van der Waals surface area contributed by atoms with Crippen molar-refractivity contribution in [2.75, 3.05) is 4.72 Å². The van der Waals surface area contributed by atoms with E-state index in [0.717, 1.165) is 15.9 Å². The van der Waals surface area contributed by atoms with Crippen molar-refractivity contribution >= 4 is 42.4 Å². The molecule has 0 fully saturated rings. The summed E-state index contributed by atoms with van der Waals surface area (Å²) in [6.45, 7) is 6.29. The number of hydrogen-bond acceptors (Lipinski definition) is 5. The number of anilines is 1. The van der Waals surface area contributed by atoms with Gasteiger partial charge in [0.2, 0.25) is 5.13 Å². The van der Waals surface area contributed by atoms with Gasteiger partial charge in [0.05, 0.1) is 4.90 Å². The van der Waals surface area contributed by atoms with Gasteiger partial charge in [0.25, 0.3) is 10.0 Å². The molecule has 0 unspecified atom stereocenters. The van der Waals surface area contributed by atoms with Gasteiger partial charge in [0.1, 0.15) is 5.01 Å². The van der Waals surface area contributed by atoms with Crippen LogP contribution in [-0.2, 0) is 16.4 Å². The van der Waals surface area contributed by atoms with Crippen LogP contribution in [-0.4, -0.2) is 18.6 Å². The third-order valence-corrected chi connectivity index (χ3v) is 5.35. The molecule has 1 aromatic carbocycles. The molecule has 0 saturated heterocycles. The van der Waals surface area contributed by atoms with Crippen molar-refractivity contribution in [1.82, 2.24) is 10.2 Å². The van der Waals surface area contributed by atoms with Crippen LogP contribution in [0.3, 0.4) is 0 Å². The van der Waals surface area contributed by atoms with Crippen molar-refractivity contribution in [2.24, 2.45) is 5.41 Å². The van der Waals surface area contributed by atoms with Crippen LogP contribution in [0.1, 0.15) is 25.8 Å². The standard InChI is InChI=1S/C13H16BrN3O2S2/c1-13(2,3)8-11-15-16-12(20-11)17-21(18,19)10-6-4-9(14)5-7-10/h4-7H,8H2,1-3H3,(H,16,17). The number of hydrogen-bond donors (Lipinski definition) is 1. The lowest BCUT2D eigenvalue weighted by molar-refractivity contribution is 0.409. The highest BCUT2D eigenvalue weighted by atomic mass is 79.9. The Morgan fingerprint density at radius 1 is 1.19 bits per heavy atom. The van der Waals surface area contributed by atoms with E-state index in [1.807, 2.05) is 0 Å². The van der Waals surface area contributed by atoms with E-state index in [1.54, 1.807) is 12.1 Å². The SMILES string of the molecule is CC(C)(C)Cc1nnc(NS(=O)(=O)c2ccc(Br)cc2)s1. The van der Waals surface area contributed by atoms with Gasteiger partial charge in [0.15, 0.2) is 0 Å². The molecule has 21 heavy (non-hydrogen) atoms. The summed E-state index contributed by atoms with van der Waals surface area (Å²) in [6.07, 6.45) is 0.755. The summed E-state index contributed by atoms with van der Waals surface area (Å²) in [5.74, 6) is 0. The van der Waals surface area contributed by atoms with Gasteiger partial charge in [-0.3, -0.25) is 4.72 Å². The van der Waals surface area contributed by atoms with Gasteiger partial charge in [-0.15, -0.1) is 10.2 Å². The number of nitrogens with zero attached hydrogens (tertiary/aromatic N) is 2. The van der Waals surface area contributed by atoms with E-state index in [0.29, 0.717) is 0 Å². The maximum atomic E-state index is 12.2. The molecule has 0 aliphatic carbocycles. The monoisotopic (exact) mass is 389 g/mol. The Kier molecular flexibility index (Phi) is 4.69. The fraction of sp³-hybridized carbons (Fsp3) is 0.385. The second-order valence-corrected chi connectivity index (χ2v) is 9.46. The van der Waals surface area contributed by atoms with Gasteiger partial charge < -0.3 is 0 Å². The van der Waals surface area contributed by atoms with Crippen molar-refractivity contribution < 1.29 is 8.42 Å². The van der Waals surface area contributed by atoms with Gasteiger partial charge in [-0.1, -0.05) is 48.0 Å². The summed E-state index contributed by atoms with van der Waals surface area (Å²) in [4.78, 5) is 0.193. The lowest BCUT2D eigenvalue weighted by Crippen LogP contribution is -2.12. The van der Waals surface area contributed by atoms with Crippen molar-refractivity contribution in [3.63, 3.8) is 0 Å². The molecule has 0 amide bonds.